The Balaban J connectivity index is 1.63. The molecule has 0 bridgehead atoms. The minimum atomic E-state index is -0.495. The fourth-order valence-corrected chi connectivity index (χ4v) is 4.23. The number of benzene rings is 2. The minimum absolute atomic E-state index is 0.236. The number of halogens is 1. The van der Waals surface area contributed by atoms with Gasteiger partial charge in [-0.2, -0.15) is 0 Å². The molecule has 0 radical (unpaired) electrons. The average Bonchev–Trinajstić information content (AvgIpc) is 3.52. The van der Waals surface area contributed by atoms with Gasteiger partial charge in [-0.3, -0.25) is 14.9 Å². The van der Waals surface area contributed by atoms with Crippen molar-refractivity contribution in [1.82, 2.24) is 19.4 Å². The molecule has 5 rings (SSSR count). The van der Waals surface area contributed by atoms with Gasteiger partial charge in [-0.25, -0.2) is 9.37 Å². The van der Waals surface area contributed by atoms with Crippen molar-refractivity contribution in [1.29, 1.82) is 0 Å². The number of imidazole rings is 1. The maximum Gasteiger partial charge on any atom is 0.259 e. The van der Waals surface area contributed by atoms with Crippen LogP contribution in [0.1, 0.15) is 17.5 Å². The molecule has 0 unspecified atom stereocenters. The van der Waals surface area contributed by atoms with Gasteiger partial charge in [0, 0.05) is 48.1 Å². The largest absolute Gasteiger partial charge is 0.497 e. The predicted octanol–water partition coefficient (Wildman–Crippen LogP) is 3.64. The molecule has 33 heavy (non-hydrogen) atoms. The maximum atomic E-state index is 13.5. The summed E-state index contributed by atoms with van der Waals surface area (Å²) < 4.78 is 23.0. The van der Waals surface area contributed by atoms with Crippen molar-refractivity contribution in [2.45, 2.75) is 19.5 Å². The molecule has 1 aliphatic heterocycles. The monoisotopic (exact) mass is 444 g/mol. The second kappa shape index (κ2) is 8.38. The summed E-state index contributed by atoms with van der Waals surface area (Å²) in [5.74, 6) is -0.733. The van der Waals surface area contributed by atoms with Gasteiger partial charge in [0.05, 0.1) is 24.6 Å². The molecule has 3 heterocycles. The summed E-state index contributed by atoms with van der Waals surface area (Å²) >= 11 is 0. The molecule has 0 spiro atoms. The third-order valence-corrected chi connectivity index (χ3v) is 5.80. The van der Waals surface area contributed by atoms with Gasteiger partial charge in [0.15, 0.2) is 0 Å². The van der Waals surface area contributed by atoms with E-state index in [1.165, 1.54) is 24.3 Å². The van der Waals surface area contributed by atoms with Crippen molar-refractivity contribution in [3.63, 3.8) is 0 Å². The van der Waals surface area contributed by atoms with Crippen LogP contribution in [0.5, 0.6) is 5.75 Å². The summed E-state index contributed by atoms with van der Waals surface area (Å²) in [5.41, 5.74) is 2.56. The van der Waals surface area contributed by atoms with Crippen LogP contribution in [0.2, 0.25) is 0 Å². The Labute approximate surface area is 189 Å². The van der Waals surface area contributed by atoms with Crippen LogP contribution < -0.4 is 10.1 Å². The van der Waals surface area contributed by atoms with Crippen LogP contribution in [-0.4, -0.2) is 33.0 Å². The molecule has 0 fully saturated rings. The van der Waals surface area contributed by atoms with E-state index in [4.69, 9.17) is 4.74 Å². The molecule has 2 aromatic heterocycles. The number of rotatable bonds is 7. The molecule has 0 atom stereocenters. The molecule has 7 nitrogen and oxygen atoms in total. The molecule has 166 valence electrons. The van der Waals surface area contributed by atoms with E-state index in [9.17, 15) is 14.0 Å². The molecular formula is C25H21FN4O3. The SMILES string of the molecule is COc1ccc2c(c1)c(C1=C(c3ccc(F)cc3)C(=O)NC1=O)cn2CCCn1ccnc1. The number of hydrogen-bond donors (Lipinski definition) is 1. The Morgan fingerprint density at radius 1 is 1.03 bits per heavy atom. The highest BCUT2D eigenvalue weighted by atomic mass is 19.1. The second-order valence-corrected chi connectivity index (χ2v) is 7.81. The van der Waals surface area contributed by atoms with Gasteiger partial charge in [-0.15, -0.1) is 0 Å². The highest BCUT2D eigenvalue weighted by Crippen LogP contribution is 2.37. The summed E-state index contributed by atoms with van der Waals surface area (Å²) in [6.45, 7) is 1.50. The number of carbonyl (C=O) groups is 2. The third-order valence-electron chi connectivity index (χ3n) is 5.80. The van der Waals surface area contributed by atoms with Crippen LogP contribution in [0, 0.1) is 5.82 Å². The summed E-state index contributed by atoms with van der Waals surface area (Å²) in [7, 11) is 1.58. The Bertz CT molecular complexity index is 1390. The number of ether oxygens (including phenoxy) is 1. The maximum absolute atomic E-state index is 13.5. The topological polar surface area (TPSA) is 78.1 Å². The molecule has 0 saturated heterocycles. The molecule has 2 aromatic carbocycles. The summed E-state index contributed by atoms with van der Waals surface area (Å²) in [6.07, 6.45) is 8.18. The van der Waals surface area contributed by atoms with Gasteiger partial charge in [0.1, 0.15) is 11.6 Å². The van der Waals surface area contributed by atoms with Gasteiger partial charge < -0.3 is 13.9 Å². The zero-order valence-electron chi connectivity index (χ0n) is 17.9. The number of aromatic nitrogens is 3. The zero-order chi connectivity index (χ0) is 22.9. The zero-order valence-corrected chi connectivity index (χ0v) is 17.9. The second-order valence-electron chi connectivity index (χ2n) is 7.81. The lowest BCUT2D eigenvalue weighted by molar-refractivity contribution is -0.122. The van der Waals surface area contributed by atoms with Crippen molar-refractivity contribution in [3.05, 3.63) is 84.3 Å². The standard InChI is InChI=1S/C25H21FN4O3/c1-33-18-7-8-21-19(13-18)20(14-30(21)11-2-10-29-12-9-27-15-29)23-22(24(31)28-25(23)32)16-3-5-17(26)6-4-16/h3-9,12-15H,2,10-11H2,1H3,(H,28,31,32). The van der Waals surface area contributed by atoms with Gasteiger partial charge in [0.25, 0.3) is 11.8 Å². The van der Waals surface area contributed by atoms with Crippen LogP contribution in [0.3, 0.4) is 0 Å². The first-order chi connectivity index (χ1) is 16.0. The van der Waals surface area contributed by atoms with Crippen molar-refractivity contribution >= 4 is 33.9 Å². The molecular weight excluding hydrogens is 423 g/mol. The smallest absolute Gasteiger partial charge is 0.259 e. The van der Waals surface area contributed by atoms with Gasteiger partial charge >= 0.3 is 0 Å². The molecule has 1 aliphatic rings. The molecule has 1 N–H and O–H groups in total. The first-order valence-corrected chi connectivity index (χ1v) is 10.5. The highest BCUT2D eigenvalue weighted by Gasteiger charge is 2.34. The van der Waals surface area contributed by atoms with E-state index in [2.05, 4.69) is 14.9 Å². The van der Waals surface area contributed by atoms with Crippen molar-refractivity contribution in [2.24, 2.45) is 0 Å². The third kappa shape index (κ3) is 3.80. The normalized spacial score (nSPS) is 13.8. The number of methoxy groups -OCH3 is 1. The molecule has 0 aliphatic carbocycles. The van der Waals surface area contributed by atoms with Crippen molar-refractivity contribution < 1.29 is 18.7 Å². The number of imide groups is 1. The molecule has 4 aromatic rings. The Hall–Kier alpha value is -4.20. The van der Waals surface area contributed by atoms with E-state index in [0.29, 0.717) is 23.4 Å². The fourth-order valence-electron chi connectivity index (χ4n) is 4.23. The van der Waals surface area contributed by atoms with E-state index < -0.39 is 17.6 Å². The fraction of sp³-hybridized carbons (Fsp3) is 0.160. The van der Waals surface area contributed by atoms with Crippen LogP contribution in [0.4, 0.5) is 4.39 Å². The summed E-state index contributed by atoms with van der Waals surface area (Å²) in [5, 5.41) is 3.20. The van der Waals surface area contributed by atoms with Gasteiger partial charge in [-0.05, 0) is 42.3 Å². The van der Waals surface area contributed by atoms with Gasteiger partial charge in [0.2, 0.25) is 0 Å². The van der Waals surface area contributed by atoms with Crippen LogP contribution in [0.15, 0.2) is 67.4 Å². The number of aryl methyl sites for hydroxylation is 2. The molecule has 8 heteroatoms. The molecule has 0 saturated carbocycles. The quantitative estimate of drug-likeness (QED) is 0.442. The van der Waals surface area contributed by atoms with Gasteiger partial charge in [-0.1, -0.05) is 12.1 Å². The Morgan fingerprint density at radius 2 is 1.82 bits per heavy atom. The molecule has 2 amide bonds. The van der Waals surface area contributed by atoms with E-state index in [1.807, 2.05) is 35.2 Å². The number of nitrogens with zero attached hydrogens (tertiary/aromatic N) is 3. The minimum Gasteiger partial charge on any atom is -0.497 e. The number of nitrogens with one attached hydrogen (secondary N) is 1. The number of fused-ring (bicyclic) bond motifs is 1. The Morgan fingerprint density at radius 3 is 2.55 bits per heavy atom. The van der Waals surface area contributed by atoms with E-state index in [-0.39, 0.29) is 11.1 Å². The van der Waals surface area contributed by atoms with E-state index >= 15 is 0 Å². The number of hydrogen-bond acceptors (Lipinski definition) is 4. The van der Waals surface area contributed by atoms with E-state index in [0.717, 1.165) is 23.9 Å². The first kappa shape index (κ1) is 20.7. The van der Waals surface area contributed by atoms with Crippen LogP contribution >= 0.6 is 0 Å². The van der Waals surface area contributed by atoms with Crippen LogP contribution in [-0.2, 0) is 22.7 Å². The lowest BCUT2D eigenvalue weighted by Gasteiger charge is -2.06. The highest BCUT2D eigenvalue weighted by molar-refractivity contribution is 6.50. The summed E-state index contributed by atoms with van der Waals surface area (Å²) in [6, 6.07) is 11.2. The van der Waals surface area contributed by atoms with Crippen molar-refractivity contribution in [2.75, 3.05) is 7.11 Å². The first-order valence-electron chi connectivity index (χ1n) is 10.5. The van der Waals surface area contributed by atoms with Crippen molar-refractivity contribution in [3.8, 4) is 5.75 Å². The van der Waals surface area contributed by atoms with E-state index in [1.54, 1.807) is 19.6 Å². The lowest BCUT2D eigenvalue weighted by Crippen LogP contribution is -2.22. The lowest BCUT2D eigenvalue weighted by atomic mass is 9.96. The summed E-state index contributed by atoms with van der Waals surface area (Å²) in [4.78, 5) is 29.7. The average molecular weight is 444 g/mol. The Kier molecular flexibility index (Phi) is 5.26. The number of carbonyl (C=O) groups excluding carboxylic acids is 2. The van der Waals surface area contributed by atoms with Crippen LogP contribution in [0.25, 0.3) is 22.0 Å². The predicted molar refractivity (Wildman–Crippen MR) is 122 cm³/mol. The number of amides is 2.